The van der Waals surface area contributed by atoms with Crippen LogP contribution in [0.15, 0.2) is 84.4 Å². The fraction of sp³-hybridized carbons (Fsp3) is 0.290. The highest BCUT2D eigenvalue weighted by molar-refractivity contribution is 6.46. The zero-order valence-electron chi connectivity index (χ0n) is 22.1. The van der Waals surface area contributed by atoms with Gasteiger partial charge in [0.15, 0.2) is 0 Å². The number of ketones is 1. The summed E-state index contributed by atoms with van der Waals surface area (Å²) < 4.78 is 11.5. The Morgan fingerprint density at radius 1 is 0.895 bits per heavy atom. The molecule has 0 spiro atoms. The minimum absolute atomic E-state index is 0.0777. The molecule has 1 amide bonds. The molecule has 38 heavy (non-hydrogen) atoms. The minimum atomic E-state index is -0.704. The number of rotatable bonds is 11. The van der Waals surface area contributed by atoms with E-state index in [1.54, 1.807) is 24.3 Å². The van der Waals surface area contributed by atoms with Crippen LogP contribution in [-0.2, 0) is 16.2 Å². The molecule has 7 nitrogen and oxygen atoms in total. The van der Waals surface area contributed by atoms with E-state index in [-0.39, 0.29) is 11.3 Å². The molecule has 1 saturated heterocycles. The Bertz CT molecular complexity index is 1270. The maximum Gasteiger partial charge on any atom is 0.295 e. The lowest BCUT2D eigenvalue weighted by molar-refractivity contribution is -0.140. The Morgan fingerprint density at radius 3 is 2.16 bits per heavy atom. The second-order valence-corrected chi connectivity index (χ2v) is 9.51. The average molecular weight is 515 g/mol. The molecule has 1 N–H and O–H groups in total. The highest BCUT2D eigenvalue weighted by atomic mass is 16.5. The summed E-state index contributed by atoms with van der Waals surface area (Å²) in [5.74, 6) is -0.167. The maximum absolute atomic E-state index is 13.2. The van der Waals surface area contributed by atoms with E-state index in [2.05, 4.69) is 0 Å². The molecule has 0 bridgehead atoms. The van der Waals surface area contributed by atoms with E-state index in [0.29, 0.717) is 43.4 Å². The van der Waals surface area contributed by atoms with E-state index in [1.165, 1.54) is 4.90 Å². The zero-order valence-corrected chi connectivity index (χ0v) is 22.1. The summed E-state index contributed by atoms with van der Waals surface area (Å²) in [6, 6.07) is 23.4. The molecular formula is C31H34N2O5. The van der Waals surface area contributed by atoms with Crippen molar-refractivity contribution in [2.45, 2.75) is 26.0 Å². The van der Waals surface area contributed by atoms with Crippen LogP contribution < -0.4 is 9.47 Å². The van der Waals surface area contributed by atoms with Gasteiger partial charge in [0, 0.05) is 18.7 Å². The highest BCUT2D eigenvalue weighted by Crippen LogP contribution is 2.40. The van der Waals surface area contributed by atoms with Gasteiger partial charge in [0.25, 0.3) is 11.7 Å². The van der Waals surface area contributed by atoms with Crippen LogP contribution in [0.25, 0.3) is 5.76 Å². The normalized spacial score (nSPS) is 16.7. The van der Waals surface area contributed by atoms with Crippen LogP contribution in [0.5, 0.6) is 11.5 Å². The summed E-state index contributed by atoms with van der Waals surface area (Å²) >= 11 is 0. The number of ether oxygens (including phenoxy) is 2. The SMILES string of the molecule is CCCOc1ccc(C2/C(=C(\O)c3ccc(OCc4ccccc4)cc3)C(=O)C(=O)N2CCN(C)C)cc1. The Balaban J connectivity index is 1.64. The van der Waals surface area contributed by atoms with Gasteiger partial charge in [-0.2, -0.15) is 0 Å². The molecule has 0 radical (unpaired) electrons. The number of likely N-dealkylation sites (tertiary alicyclic amines) is 1. The van der Waals surface area contributed by atoms with Crippen LogP contribution >= 0.6 is 0 Å². The number of carbonyl (C=O) groups excluding carboxylic acids is 2. The second kappa shape index (κ2) is 12.4. The molecule has 1 aliphatic rings. The molecule has 1 fully saturated rings. The van der Waals surface area contributed by atoms with E-state index >= 15 is 0 Å². The van der Waals surface area contributed by atoms with Crippen molar-refractivity contribution in [3.05, 3.63) is 101 Å². The molecule has 7 heteroatoms. The number of aliphatic hydroxyl groups excluding tert-OH is 1. The predicted molar refractivity (Wildman–Crippen MR) is 147 cm³/mol. The van der Waals surface area contributed by atoms with Crippen LogP contribution in [0.3, 0.4) is 0 Å². The topological polar surface area (TPSA) is 79.3 Å². The standard InChI is InChI=1S/C31H34N2O5/c1-4-20-37-25-14-10-23(11-15-25)28-27(30(35)31(36)33(28)19-18-32(2)3)29(34)24-12-16-26(17-13-24)38-21-22-8-6-5-7-9-22/h5-17,28,34H,4,18-21H2,1-3H3/b29-27+. The lowest BCUT2D eigenvalue weighted by atomic mass is 9.95. The third-order valence-corrected chi connectivity index (χ3v) is 6.37. The van der Waals surface area contributed by atoms with E-state index in [1.807, 2.05) is 80.5 Å². The van der Waals surface area contributed by atoms with E-state index in [9.17, 15) is 14.7 Å². The molecule has 0 saturated carbocycles. The summed E-state index contributed by atoms with van der Waals surface area (Å²) in [5.41, 5.74) is 2.30. The number of likely N-dealkylation sites (N-methyl/N-ethyl adjacent to an activating group) is 1. The van der Waals surface area contributed by atoms with Crippen LogP contribution in [0.4, 0.5) is 0 Å². The van der Waals surface area contributed by atoms with E-state index in [0.717, 1.165) is 17.5 Å². The van der Waals surface area contributed by atoms with E-state index in [4.69, 9.17) is 9.47 Å². The van der Waals surface area contributed by atoms with Gasteiger partial charge >= 0.3 is 0 Å². The lowest BCUT2D eigenvalue weighted by Gasteiger charge is -2.26. The number of nitrogens with zero attached hydrogens (tertiary/aromatic N) is 2. The van der Waals surface area contributed by atoms with Gasteiger partial charge in [0.1, 0.15) is 23.9 Å². The van der Waals surface area contributed by atoms with Crippen LogP contribution in [-0.4, -0.2) is 60.4 Å². The third kappa shape index (κ3) is 6.23. The molecule has 3 aromatic rings. The van der Waals surface area contributed by atoms with Crippen molar-refractivity contribution >= 4 is 17.4 Å². The molecule has 198 valence electrons. The number of hydrogen-bond acceptors (Lipinski definition) is 6. The van der Waals surface area contributed by atoms with Crippen molar-refractivity contribution < 1.29 is 24.2 Å². The van der Waals surface area contributed by atoms with Crippen molar-refractivity contribution in [3.8, 4) is 11.5 Å². The van der Waals surface area contributed by atoms with E-state index < -0.39 is 17.7 Å². The maximum atomic E-state index is 13.2. The summed E-state index contributed by atoms with van der Waals surface area (Å²) in [7, 11) is 3.82. The molecule has 1 atom stereocenters. The Kier molecular flexibility index (Phi) is 8.81. The monoisotopic (exact) mass is 514 g/mol. The molecule has 0 aliphatic carbocycles. The van der Waals surface area contributed by atoms with Gasteiger partial charge < -0.3 is 24.4 Å². The van der Waals surface area contributed by atoms with Crippen molar-refractivity contribution in [2.24, 2.45) is 0 Å². The van der Waals surface area contributed by atoms with Gasteiger partial charge in [-0.25, -0.2) is 0 Å². The van der Waals surface area contributed by atoms with Gasteiger partial charge in [0.2, 0.25) is 0 Å². The highest BCUT2D eigenvalue weighted by Gasteiger charge is 2.45. The first-order valence-electron chi connectivity index (χ1n) is 12.8. The van der Waals surface area contributed by atoms with Crippen molar-refractivity contribution in [1.82, 2.24) is 9.80 Å². The first-order valence-corrected chi connectivity index (χ1v) is 12.8. The Morgan fingerprint density at radius 2 is 1.53 bits per heavy atom. The van der Waals surface area contributed by atoms with Gasteiger partial charge in [-0.1, -0.05) is 49.4 Å². The van der Waals surface area contributed by atoms with Gasteiger partial charge in [-0.15, -0.1) is 0 Å². The van der Waals surface area contributed by atoms with Crippen LogP contribution in [0, 0.1) is 0 Å². The number of carbonyl (C=O) groups is 2. The number of amides is 1. The number of benzene rings is 3. The number of aliphatic hydroxyl groups is 1. The molecule has 1 aliphatic heterocycles. The van der Waals surface area contributed by atoms with Gasteiger partial charge in [0.05, 0.1) is 18.2 Å². The first-order chi connectivity index (χ1) is 18.4. The van der Waals surface area contributed by atoms with Crippen molar-refractivity contribution in [2.75, 3.05) is 33.8 Å². The largest absolute Gasteiger partial charge is 0.507 e. The summed E-state index contributed by atoms with van der Waals surface area (Å²) in [5, 5.41) is 11.3. The predicted octanol–water partition coefficient (Wildman–Crippen LogP) is 5.04. The minimum Gasteiger partial charge on any atom is -0.507 e. The summed E-state index contributed by atoms with van der Waals surface area (Å²) in [6.45, 7) is 3.98. The van der Waals surface area contributed by atoms with Crippen molar-refractivity contribution in [3.63, 3.8) is 0 Å². The first kappa shape index (κ1) is 26.9. The quantitative estimate of drug-likeness (QED) is 0.220. The third-order valence-electron chi connectivity index (χ3n) is 6.37. The van der Waals surface area contributed by atoms with Gasteiger partial charge in [-0.05, 0) is 68.0 Å². The molecule has 1 heterocycles. The number of hydrogen-bond donors (Lipinski definition) is 1. The van der Waals surface area contributed by atoms with Crippen LogP contribution in [0.1, 0.15) is 36.1 Å². The van der Waals surface area contributed by atoms with Crippen molar-refractivity contribution in [1.29, 1.82) is 0 Å². The van der Waals surface area contributed by atoms with Gasteiger partial charge in [-0.3, -0.25) is 9.59 Å². The van der Waals surface area contributed by atoms with Crippen LogP contribution in [0.2, 0.25) is 0 Å². The Labute approximate surface area is 223 Å². The molecule has 1 unspecified atom stereocenters. The fourth-order valence-electron chi connectivity index (χ4n) is 4.34. The fourth-order valence-corrected chi connectivity index (χ4v) is 4.34. The Hall–Kier alpha value is -4.10. The summed E-state index contributed by atoms with van der Waals surface area (Å²) in [4.78, 5) is 29.8. The molecular weight excluding hydrogens is 480 g/mol. The number of Topliss-reactive ketones (excluding diaryl/α,β-unsaturated/α-hetero) is 1. The molecule has 0 aromatic heterocycles. The molecule has 4 rings (SSSR count). The molecule has 3 aromatic carbocycles. The smallest absolute Gasteiger partial charge is 0.295 e. The zero-order chi connectivity index (χ0) is 27.1. The second-order valence-electron chi connectivity index (χ2n) is 9.51. The summed E-state index contributed by atoms with van der Waals surface area (Å²) in [6.07, 6.45) is 0.891. The average Bonchev–Trinajstić information content (AvgIpc) is 3.19. The lowest BCUT2D eigenvalue weighted by Crippen LogP contribution is -2.35.